The van der Waals surface area contributed by atoms with E-state index in [4.69, 9.17) is 4.74 Å². The average Bonchev–Trinajstić information content (AvgIpc) is 2.62. The van der Waals surface area contributed by atoms with Gasteiger partial charge in [0.25, 0.3) is 0 Å². The van der Waals surface area contributed by atoms with E-state index < -0.39 is 0 Å². The van der Waals surface area contributed by atoms with Crippen LogP contribution < -0.4 is 4.74 Å². The first-order valence-electron chi connectivity index (χ1n) is 8.81. The molecule has 2 aliphatic rings. The molecule has 1 fully saturated rings. The van der Waals surface area contributed by atoms with Gasteiger partial charge < -0.3 is 9.84 Å². The van der Waals surface area contributed by atoms with Crippen LogP contribution in [0, 0.1) is 11.3 Å². The molecular formula is C20H30O2. The highest BCUT2D eigenvalue weighted by molar-refractivity contribution is 5.40. The lowest BCUT2D eigenvalue weighted by Crippen LogP contribution is -2.52. The van der Waals surface area contributed by atoms with E-state index in [-0.39, 0.29) is 17.6 Å². The van der Waals surface area contributed by atoms with Crippen LogP contribution in [0.25, 0.3) is 0 Å². The molecule has 0 unspecified atom stereocenters. The van der Waals surface area contributed by atoms with E-state index in [0.717, 1.165) is 37.9 Å². The molecule has 0 saturated heterocycles. The number of fused-ring (bicyclic) bond motifs is 2. The minimum absolute atomic E-state index is 0.00405. The Kier molecular flexibility index (Phi) is 4.01. The fraction of sp³-hybridized carbons (Fsp3) is 0.700. The molecule has 2 nitrogen and oxygen atoms in total. The molecule has 2 heteroatoms. The van der Waals surface area contributed by atoms with Crippen LogP contribution >= 0.6 is 0 Å². The Morgan fingerprint density at radius 3 is 2.73 bits per heavy atom. The third-order valence-corrected chi connectivity index (χ3v) is 6.16. The van der Waals surface area contributed by atoms with Gasteiger partial charge in [-0.1, -0.05) is 32.9 Å². The number of aliphatic hydroxyl groups excluding tert-OH is 1. The van der Waals surface area contributed by atoms with Crippen LogP contribution in [0.5, 0.6) is 5.75 Å². The Morgan fingerprint density at radius 2 is 2.05 bits per heavy atom. The number of aliphatic hydroxyl groups is 1. The number of aryl methyl sites for hydroxylation is 1. The first kappa shape index (κ1) is 15.9. The van der Waals surface area contributed by atoms with Crippen molar-refractivity contribution in [1.82, 2.24) is 0 Å². The molecule has 0 amide bonds. The van der Waals surface area contributed by atoms with Crippen LogP contribution in [0.1, 0.15) is 70.4 Å². The summed E-state index contributed by atoms with van der Waals surface area (Å²) in [5.74, 6) is 2.04. The molecule has 0 aromatic heterocycles. The fourth-order valence-corrected chi connectivity index (χ4v) is 4.70. The molecule has 1 aliphatic carbocycles. The van der Waals surface area contributed by atoms with Crippen LogP contribution in [0.3, 0.4) is 0 Å². The highest BCUT2D eigenvalue weighted by atomic mass is 16.5. The first-order chi connectivity index (χ1) is 10.4. The summed E-state index contributed by atoms with van der Waals surface area (Å²) in [7, 11) is 0. The van der Waals surface area contributed by atoms with Crippen molar-refractivity contribution >= 4 is 0 Å². The summed E-state index contributed by atoms with van der Waals surface area (Å²) in [6, 6.07) is 6.71. The molecule has 3 atom stereocenters. The van der Waals surface area contributed by atoms with Crippen molar-refractivity contribution in [2.45, 2.75) is 71.3 Å². The van der Waals surface area contributed by atoms with Crippen molar-refractivity contribution in [2.75, 3.05) is 6.61 Å². The smallest absolute Gasteiger partial charge is 0.123 e. The molecule has 122 valence electrons. The number of ether oxygens (including phenoxy) is 1. The summed E-state index contributed by atoms with van der Waals surface area (Å²) in [4.78, 5) is 0. The van der Waals surface area contributed by atoms with Gasteiger partial charge in [-0.3, -0.25) is 0 Å². The summed E-state index contributed by atoms with van der Waals surface area (Å²) >= 11 is 0. The van der Waals surface area contributed by atoms with Gasteiger partial charge >= 0.3 is 0 Å². The molecule has 1 heterocycles. The quantitative estimate of drug-likeness (QED) is 0.858. The van der Waals surface area contributed by atoms with Crippen LogP contribution in [0.15, 0.2) is 18.2 Å². The molecule has 1 N–H and O–H groups in total. The third-order valence-electron chi connectivity index (χ3n) is 6.16. The zero-order valence-corrected chi connectivity index (χ0v) is 14.5. The number of rotatable bonds is 2. The van der Waals surface area contributed by atoms with E-state index in [2.05, 4.69) is 45.9 Å². The van der Waals surface area contributed by atoms with Crippen molar-refractivity contribution in [3.05, 3.63) is 29.3 Å². The molecule has 1 aromatic carbocycles. The van der Waals surface area contributed by atoms with Crippen molar-refractivity contribution < 1.29 is 9.84 Å². The zero-order chi connectivity index (χ0) is 16.0. The van der Waals surface area contributed by atoms with Gasteiger partial charge in [0.2, 0.25) is 0 Å². The zero-order valence-electron chi connectivity index (χ0n) is 14.5. The average molecular weight is 302 g/mol. The maximum atomic E-state index is 9.97. The molecule has 0 spiro atoms. The first-order valence-corrected chi connectivity index (χ1v) is 8.81. The van der Waals surface area contributed by atoms with Crippen molar-refractivity contribution in [3.63, 3.8) is 0 Å². The van der Waals surface area contributed by atoms with E-state index in [1.807, 2.05) is 0 Å². The minimum atomic E-state index is -0.139. The van der Waals surface area contributed by atoms with Gasteiger partial charge in [-0.15, -0.1) is 0 Å². The van der Waals surface area contributed by atoms with Crippen molar-refractivity contribution in [2.24, 2.45) is 11.3 Å². The summed E-state index contributed by atoms with van der Waals surface area (Å²) in [5.41, 5.74) is 2.60. The Morgan fingerprint density at radius 1 is 1.27 bits per heavy atom. The van der Waals surface area contributed by atoms with Crippen LogP contribution in [-0.4, -0.2) is 17.3 Å². The highest BCUT2D eigenvalue weighted by Crippen LogP contribution is 2.52. The van der Waals surface area contributed by atoms with E-state index in [1.165, 1.54) is 11.1 Å². The second-order valence-corrected chi connectivity index (χ2v) is 8.19. The van der Waals surface area contributed by atoms with Crippen LogP contribution in [-0.2, 0) is 6.42 Å². The van der Waals surface area contributed by atoms with Crippen LogP contribution in [0.2, 0.25) is 0 Å². The van der Waals surface area contributed by atoms with Gasteiger partial charge in [0.1, 0.15) is 11.4 Å². The minimum Gasteiger partial charge on any atom is -0.487 e. The second-order valence-electron chi connectivity index (χ2n) is 8.19. The van der Waals surface area contributed by atoms with E-state index in [9.17, 15) is 5.11 Å². The fourth-order valence-electron chi connectivity index (χ4n) is 4.70. The van der Waals surface area contributed by atoms with Gasteiger partial charge in [0.05, 0.1) is 0 Å². The molecule has 1 aromatic rings. The third kappa shape index (κ3) is 2.56. The molecule has 22 heavy (non-hydrogen) atoms. The lowest BCUT2D eigenvalue weighted by Gasteiger charge is -2.50. The summed E-state index contributed by atoms with van der Waals surface area (Å²) in [6.07, 6.45) is 5.52. The SMILES string of the molecule is CC(C)c1ccc2c(c1)CC[C@H]1[C@](C)(CO)CCC[C@]1(C)O2. The number of hydrogen-bond donors (Lipinski definition) is 1. The van der Waals surface area contributed by atoms with Gasteiger partial charge in [-0.2, -0.15) is 0 Å². The number of benzene rings is 1. The van der Waals surface area contributed by atoms with Gasteiger partial charge in [-0.25, -0.2) is 0 Å². The van der Waals surface area contributed by atoms with E-state index in [1.54, 1.807) is 0 Å². The normalized spacial score (nSPS) is 34.5. The predicted molar refractivity (Wildman–Crippen MR) is 90.4 cm³/mol. The van der Waals surface area contributed by atoms with Gasteiger partial charge in [0.15, 0.2) is 0 Å². The van der Waals surface area contributed by atoms with Gasteiger partial charge in [0, 0.05) is 12.5 Å². The molecule has 3 rings (SSSR count). The maximum Gasteiger partial charge on any atom is 0.123 e. The lowest BCUT2D eigenvalue weighted by atomic mass is 9.60. The summed E-state index contributed by atoms with van der Waals surface area (Å²) in [6.45, 7) is 9.25. The highest BCUT2D eigenvalue weighted by Gasteiger charge is 2.51. The Bertz CT molecular complexity index is 551. The Labute approximate surface area is 134 Å². The summed E-state index contributed by atoms with van der Waals surface area (Å²) in [5, 5.41) is 9.97. The molecule has 1 aliphatic heterocycles. The topological polar surface area (TPSA) is 29.5 Å². The van der Waals surface area contributed by atoms with Crippen LogP contribution in [0.4, 0.5) is 0 Å². The monoisotopic (exact) mass is 302 g/mol. The molecular weight excluding hydrogens is 272 g/mol. The largest absolute Gasteiger partial charge is 0.487 e. The lowest BCUT2D eigenvalue weighted by molar-refractivity contribution is -0.0942. The molecule has 0 bridgehead atoms. The molecule has 1 saturated carbocycles. The van der Waals surface area contributed by atoms with E-state index in [0.29, 0.717) is 11.8 Å². The van der Waals surface area contributed by atoms with Crippen molar-refractivity contribution in [3.8, 4) is 5.75 Å². The van der Waals surface area contributed by atoms with Crippen molar-refractivity contribution in [1.29, 1.82) is 0 Å². The second kappa shape index (κ2) is 5.56. The Balaban J connectivity index is 1.97. The standard InChI is InChI=1S/C20H30O2/c1-14(2)15-6-8-17-16(12-15)7-9-18-19(3,13-21)10-5-11-20(18,4)22-17/h6,8,12,14,18,21H,5,7,9-11,13H2,1-4H3/t18-,19-,20-/m0/s1. The maximum absolute atomic E-state index is 9.97. The predicted octanol–water partition coefficient (Wildman–Crippen LogP) is 4.69. The van der Waals surface area contributed by atoms with E-state index >= 15 is 0 Å². The summed E-state index contributed by atoms with van der Waals surface area (Å²) < 4.78 is 6.57. The Hall–Kier alpha value is -1.02. The number of hydrogen-bond acceptors (Lipinski definition) is 2. The van der Waals surface area contributed by atoms with Gasteiger partial charge in [-0.05, 0) is 67.6 Å². The molecule has 0 radical (unpaired) electrons.